The van der Waals surface area contributed by atoms with Gasteiger partial charge in [0, 0.05) is 11.6 Å². The van der Waals surface area contributed by atoms with Gasteiger partial charge in [0.05, 0.1) is 4.90 Å². The standard InChI is InChI=1S/C13H17FN2O3S/c14-10-6-9(7-12(8-10)20(15,18)19)13(17)16-11-4-2-1-3-5-11/h6-8,11H,1-5H2,(H,16,17)(H2,15,18,19). The highest BCUT2D eigenvalue weighted by Gasteiger charge is 2.19. The predicted octanol–water partition coefficient (Wildman–Crippen LogP) is 1.54. The second-order valence-corrected chi connectivity index (χ2v) is 6.59. The van der Waals surface area contributed by atoms with E-state index in [0.717, 1.165) is 50.3 Å². The summed E-state index contributed by atoms with van der Waals surface area (Å²) in [5.41, 5.74) is -0.0281. The molecule has 1 aliphatic carbocycles. The smallest absolute Gasteiger partial charge is 0.251 e. The van der Waals surface area contributed by atoms with Gasteiger partial charge in [-0.05, 0) is 31.0 Å². The number of nitrogens with two attached hydrogens (primary N) is 1. The fraction of sp³-hybridized carbons (Fsp3) is 0.462. The zero-order chi connectivity index (χ0) is 14.8. The summed E-state index contributed by atoms with van der Waals surface area (Å²) in [6.45, 7) is 0. The molecule has 110 valence electrons. The number of sulfonamides is 1. The van der Waals surface area contributed by atoms with E-state index < -0.39 is 26.6 Å². The minimum atomic E-state index is -4.03. The zero-order valence-corrected chi connectivity index (χ0v) is 11.7. The summed E-state index contributed by atoms with van der Waals surface area (Å²) in [5, 5.41) is 7.75. The highest BCUT2D eigenvalue weighted by Crippen LogP contribution is 2.19. The topological polar surface area (TPSA) is 89.3 Å². The van der Waals surface area contributed by atoms with Crippen molar-refractivity contribution in [1.29, 1.82) is 0 Å². The molecule has 3 N–H and O–H groups in total. The molecule has 0 spiro atoms. The first-order chi connectivity index (χ1) is 9.36. The lowest BCUT2D eigenvalue weighted by molar-refractivity contribution is 0.0927. The molecule has 1 aromatic carbocycles. The first kappa shape index (κ1) is 14.9. The Hall–Kier alpha value is -1.47. The van der Waals surface area contributed by atoms with Crippen molar-refractivity contribution in [3.8, 4) is 0 Å². The normalized spacial score (nSPS) is 16.9. The van der Waals surface area contributed by atoms with Crippen molar-refractivity contribution in [2.75, 3.05) is 0 Å². The molecular formula is C13H17FN2O3S. The molecule has 0 radical (unpaired) electrons. The van der Waals surface area contributed by atoms with Gasteiger partial charge in [0.2, 0.25) is 10.0 Å². The summed E-state index contributed by atoms with van der Waals surface area (Å²) in [7, 11) is -4.03. The van der Waals surface area contributed by atoms with E-state index in [9.17, 15) is 17.6 Å². The Balaban J connectivity index is 2.19. The molecule has 1 aromatic rings. The number of hydrogen-bond acceptors (Lipinski definition) is 3. The van der Waals surface area contributed by atoms with Gasteiger partial charge < -0.3 is 5.32 Å². The van der Waals surface area contributed by atoms with Crippen molar-refractivity contribution in [2.45, 2.75) is 43.0 Å². The van der Waals surface area contributed by atoms with Crippen molar-refractivity contribution in [2.24, 2.45) is 5.14 Å². The summed E-state index contributed by atoms with van der Waals surface area (Å²) in [6, 6.07) is 2.97. The number of hydrogen-bond donors (Lipinski definition) is 2. The molecule has 1 fully saturated rings. The molecular weight excluding hydrogens is 283 g/mol. The Morgan fingerprint density at radius 1 is 1.20 bits per heavy atom. The van der Waals surface area contributed by atoms with Crippen LogP contribution < -0.4 is 10.5 Å². The Bertz CT molecular complexity index is 610. The lowest BCUT2D eigenvalue weighted by Crippen LogP contribution is -2.36. The molecule has 1 aliphatic rings. The SMILES string of the molecule is NS(=O)(=O)c1cc(F)cc(C(=O)NC2CCCCC2)c1. The van der Waals surface area contributed by atoms with Gasteiger partial charge in [0.25, 0.3) is 5.91 Å². The van der Waals surface area contributed by atoms with Gasteiger partial charge >= 0.3 is 0 Å². The number of amides is 1. The summed E-state index contributed by atoms with van der Waals surface area (Å²) in [6.07, 6.45) is 5.04. The molecule has 1 amide bonds. The molecule has 0 heterocycles. The molecule has 0 aliphatic heterocycles. The second kappa shape index (κ2) is 5.88. The number of rotatable bonds is 3. The van der Waals surface area contributed by atoms with Crippen molar-refractivity contribution < 1.29 is 17.6 Å². The van der Waals surface area contributed by atoms with E-state index in [-0.39, 0.29) is 11.6 Å². The largest absolute Gasteiger partial charge is 0.349 e. The Morgan fingerprint density at radius 2 is 1.85 bits per heavy atom. The maximum absolute atomic E-state index is 13.4. The van der Waals surface area contributed by atoms with Crippen molar-refractivity contribution in [3.63, 3.8) is 0 Å². The van der Waals surface area contributed by atoms with E-state index in [0.29, 0.717) is 0 Å². The van der Waals surface area contributed by atoms with Gasteiger partial charge in [-0.1, -0.05) is 19.3 Å². The van der Waals surface area contributed by atoms with Gasteiger partial charge in [-0.3, -0.25) is 4.79 Å². The van der Waals surface area contributed by atoms with E-state index in [1.807, 2.05) is 0 Å². The summed E-state index contributed by atoms with van der Waals surface area (Å²) < 4.78 is 35.9. The predicted molar refractivity (Wildman–Crippen MR) is 72.1 cm³/mol. The van der Waals surface area contributed by atoms with Crippen LogP contribution in [0.15, 0.2) is 23.1 Å². The van der Waals surface area contributed by atoms with E-state index >= 15 is 0 Å². The lowest BCUT2D eigenvalue weighted by Gasteiger charge is -2.22. The van der Waals surface area contributed by atoms with Crippen LogP contribution in [-0.4, -0.2) is 20.4 Å². The second-order valence-electron chi connectivity index (χ2n) is 5.03. The Morgan fingerprint density at radius 3 is 2.45 bits per heavy atom. The lowest BCUT2D eigenvalue weighted by atomic mass is 9.95. The third kappa shape index (κ3) is 3.77. The molecule has 0 bridgehead atoms. The highest BCUT2D eigenvalue weighted by molar-refractivity contribution is 7.89. The van der Waals surface area contributed by atoms with Gasteiger partial charge in [-0.25, -0.2) is 17.9 Å². The minimum absolute atomic E-state index is 0.0281. The maximum atomic E-state index is 13.4. The third-order valence-electron chi connectivity index (χ3n) is 3.40. The van der Waals surface area contributed by atoms with Crippen LogP contribution in [0.1, 0.15) is 42.5 Å². The molecule has 0 unspecified atom stereocenters. The molecule has 0 aromatic heterocycles. The maximum Gasteiger partial charge on any atom is 0.251 e. The fourth-order valence-corrected chi connectivity index (χ4v) is 2.94. The van der Waals surface area contributed by atoms with Crippen molar-refractivity contribution in [1.82, 2.24) is 5.32 Å². The van der Waals surface area contributed by atoms with E-state index in [4.69, 9.17) is 5.14 Å². The quantitative estimate of drug-likeness (QED) is 0.887. The Labute approximate surface area is 117 Å². The van der Waals surface area contributed by atoms with Gasteiger partial charge in [-0.15, -0.1) is 0 Å². The monoisotopic (exact) mass is 300 g/mol. The minimum Gasteiger partial charge on any atom is -0.349 e. The van der Waals surface area contributed by atoms with Crippen LogP contribution in [0.3, 0.4) is 0 Å². The van der Waals surface area contributed by atoms with Crippen LogP contribution in [-0.2, 0) is 10.0 Å². The highest BCUT2D eigenvalue weighted by atomic mass is 32.2. The summed E-state index contributed by atoms with van der Waals surface area (Å²) in [5.74, 6) is -1.27. The van der Waals surface area contributed by atoms with E-state index in [1.165, 1.54) is 0 Å². The summed E-state index contributed by atoms with van der Waals surface area (Å²) in [4.78, 5) is 11.6. The molecule has 0 saturated heterocycles. The first-order valence-electron chi connectivity index (χ1n) is 6.50. The molecule has 2 rings (SSSR count). The van der Waals surface area contributed by atoms with Gasteiger partial charge in [-0.2, -0.15) is 0 Å². The summed E-state index contributed by atoms with van der Waals surface area (Å²) >= 11 is 0. The molecule has 5 nitrogen and oxygen atoms in total. The average Bonchev–Trinajstić information content (AvgIpc) is 2.38. The van der Waals surface area contributed by atoms with Crippen LogP contribution in [0.5, 0.6) is 0 Å². The van der Waals surface area contributed by atoms with E-state index in [2.05, 4.69) is 5.32 Å². The Kier molecular flexibility index (Phi) is 4.39. The number of carbonyl (C=O) groups is 1. The molecule has 1 saturated carbocycles. The number of nitrogens with one attached hydrogen (secondary N) is 1. The number of carbonyl (C=O) groups excluding carboxylic acids is 1. The van der Waals surface area contributed by atoms with Crippen LogP contribution in [0.25, 0.3) is 0 Å². The molecule has 7 heteroatoms. The third-order valence-corrected chi connectivity index (χ3v) is 4.30. The number of primary sulfonamides is 1. The zero-order valence-electron chi connectivity index (χ0n) is 10.9. The van der Waals surface area contributed by atoms with Crippen LogP contribution in [0.2, 0.25) is 0 Å². The van der Waals surface area contributed by atoms with Crippen LogP contribution in [0, 0.1) is 5.82 Å². The molecule has 20 heavy (non-hydrogen) atoms. The van der Waals surface area contributed by atoms with Crippen LogP contribution in [0.4, 0.5) is 4.39 Å². The number of benzene rings is 1. The first-order valence-corrected chi connectivity index (χ1v) is 8.05. The van der Waals surface area contributed by atoms with Gasteiger partial charge in [0.1, 0.15) is 5.82 Å². The van der Waals surface area contributed by atoms with Gasteiger partial charge in [0.15, 0.2) is 0 Å². The van der Waals surface area contributed by atoms with E-state index in [1.54, 1.807) is 0 Å². The van der Waals surface area contributed by atoms with Crippen LogP contribution >= 0.6 is 0 Å². The average molecular weight is 300 g/mol. The van der Waals surface area contributed by atoms with Crippen molar-refractivity contribution >= 4 is 15.9 Å². The van der Waals surface area contributed by atoms with Crippen molar-refractivity contribution in [3.05, 3.63) is 29.6 Å². The fourth-order valence-electron chi connectivity index (χ4n) is 2.37. The molecule has 0 atom stereocenters. The number of halogens is 1.